The van der Waals surface area contributed by atoms with Crippen LogP contribution < -0.4 is 9.47 Å². The second-order valence-corrected chi connectivity index (χ2v) is 8.25. The Morgan fingerprint density at radius 2 is 1.33 bits per heavy atom. The molecule has 0 atom stereocenters. The van der Waals surface area contributed by atoms with Gasteiger partial charge in [-0.2, -0.15) is 4.31 Å². The molecule has 2 aromatic carbocycles. The van der Waals surface area contributed by atoms with Crippen LogP contribution in [0.5, 0.6) is 17.2 Å². The predicted octanol–water partition coefficient (Wildman–Crippen LogP) is 3.20. The van der Waals surface area contributed by atoms with Crippen molar-refractivity contribution < 1.29 is 17.9 Å². The number of rotatable bonds is 7. The Balaban J connectivity index is 1.65. The fourth-order valence-corrected chi connectivity index (χ4v) is 4.44. The van der Waals surface area contributed by atoms with Crippen LogP contribution in [0, 0.1) is 0 Å². The molecular formula is C20H26N2O4S. The highest BCUT2D eigenvalue weighted by Crippen LogP contribution is 2.26. The third-order valence-electron chi connectivity index (χ3n) is 4.61. The largest absolute Gasteiger partial charge is 0.494 e. The van der Waals surface area contributed by atoms with Crippen molar-refractivity contribution >= 4 is 10.0 Å². The van der Waals surface area contributed by atoms with Crippen molar-refractivity contribution in [3.05, 3.63) is 48.5 Å². The lowest BCUT2D eigenvalue weighted by atomic mass is 10.3. The molecule has 1 fully saturated rings. The van der Waals surface area contributed by atoms with Gasteiger partial charge in [-0.15, -0.1) is 0 Å². The number of hydrogen-bond donors (Lipinski definition) is 0. The smallest absolute Gasteiger partial charge is 0.243 e. The van der Waals surface area contributed by atoms with E-state index in [1.54, 1.807) is 28.6 Å². The summed E-state index contributed by atoms with van der Waals surface area (Å²) in [6.07, 6.45) is 0. The second kappa shape index (κ2) is 8.73. The van der Waals surface area contributed by atoms with Crippen molar-refractivity contribution in [2.24, 2.45) is 0 Å². The lowest BCUT2D eigenvalue weighted by Gasteiger charge is -2.33. The van der Waals surface area contributed by atoms with E-state index in [0.29, 0.717) is 36.1 Å². The fraction of sp³-hybridized carbons (Fsp3) is 0.400. The first-order chi connectivity index (χ1) is 13.0. The first-order valence-corrected chi connectivity index (χ1v) is 10.7. The van der Waals surface area contributed by atoms with Crippen molar-refractivity contribution in [3.8, 4) is 17.2 Å². The van der Waals surface area contributed by atoms with Gasteiger partial charge in [0.1, 0.15) is 17.2 Å². The molecule has 3 rings (SSSR count). The van der Waals surface area contributed by atoms with Gasteiger partial charge in [0.15, 0.2) is 0 Å². The van der Waals surface area contributed by atoms with E-state index in [4.69, 9.17) is 9.47 Å². The molecule has 27 heavy (non-hydrogen) atoms. The lowest BCUT2D eigenvalue weighted by molar-refractivity contribution is 0.196. The third kappa shape index (κ3) is 4.80. The van der Waals surface area contributed by atoms with E-state index in [1.807, 2.05) is 31.2 Å². The normalized spacial score (nSPS) is 16.2. The van der Waals surface area contributed by atoms with Gasteiger partial charge in [0, 0.05) is 26.2 Å². The molecule has 0 unspecified atom stereocenters. The Morgan fingerprint density at radius 1 is 0.815 bits per heavy atom. The summed E-state index contributed by atoms with van der Waals surface area (Å²) in [5.74, 6) is 2.05. The maximum Gasteiger partial charge on any atom is 0.243 e. The molecule has 1 aliphatic heterocycles. The average Bonchev–Trinajstić information content (AvgIpc) is 2.70. The minimum Gasteiger partial charge on any atom is -0.494 e. The highest BCUT2D eigenvalue weighted by molar-refractivity contribution is 7.89. The Hall–Kier alpha value is -2.09. The molecule has 146 valence electrons. The zero-order valence-corrected chi connectivity index (χ0v) is 16.6. The van der Waals surface area contributed by atoms with E-state index in [0.717, 1.165) is 25.4 Å². The van der Waals surface area contributed by atoms with Crippen molar-refractivity contribution in [2.45, 2.75) is 18.7 Å². The fourth-order valence-electron chi connectivity index (χ4n) is 3.02. The quantitative estimate of drug-likeness (QED) is 0.727. The molecular weight excluding hydrogens is 364 g/mol. The maximum atomic E-state index is 12.8. The Labute approximate surface area is 161 Å². The Bertz CT molecular complexity index is 827. The summed E-state index contributed by atoms with van der Waals surface area (Å²) in [4.78, 5) is 2.55. The SMILES string of the molecule is CCOc1ccc(Oc2ccc(S(=O)(=O)N3CCN(CC)CC3)cc2)cc1. The highest BCUT2D eigenvalue weighted by Gasteiger charge is 2.27. The molecule has 2 aromatic rings. The molecule has 1 heterocycles. The summed E-state index contributed by atoms with van der Waals surface area (Å²) in [5.41, 5.74) is 0. The topological polar surface area (TPSA) is 59.1 Å². The van der Waals surface area contributed by atoms with Gasteiger partial charge in [-0.3, -0.25) is 0 Å². The standard InChI is InChI=1S/C20H26N2O4S/c1-3-21-13-15-22(16-14-21)27(23,24)20-11-9-19(10-12-20)26-18-7-5-17(6-8-18)25-4-2/h5-12H,3-4,13-16H2,1-2H3. The predicted molar refractivity (Wildman–Crippen MR) is 105 cm³/mol. The van der Waals surface area contributed by atoms with E-state index in [2.05, 4.69) is 11.8 Å². The van der Waals surface area contributed by atoms with Crippen molar-refractivity contribution in [1.82, 2.24) is 9.21 Å². The van der Waals surface area contributed by atoms with Gasteiger partial charge in [-0.05, 0) is 62.0 Å². The van der Waals surface area contributed by atoms with Crippen LogP contribution in [0.3, 0.4) is 0 Å². The monoisotopic (exact) mass is 390 g/mol. The van der Waals surface area contributed by atoms with E-state index in [9.17, 15) is 8.42 Å². The number of piperazine rings is 1. The summed E-state index contributed by atoms with van der Waals surface area (Å²) in [6, 6.07) is 13.9. The number of ether oxygens (including phenoxy) is 2. The first kappa shape index (κ1) is 19.7. The molecule has 0 N–H and O–H groups in total. The molecule has 0 saturated carbocycles. The Morgan fingerprint density at radius 3 is 1.85 bits per heavy atom. The second-order valence-electron chi connectivity index (χ2n) is 6.32. The number of hydrogen-bond acceptors (Lipinski definition) is 5. The molecule has 0 radical (unpaired) electrons. The molecule has 1 saturated heterocycles. The van der Waals surface area contributed by atoms with Gasteiger partial charge in [-0.1, -0.05) is 6.92 Å². The maximum absolute atomic E-state index is 12.8. The zero-order chi connectivity index (χ0) is 19.3. The van der Waals surface area contributed by atoms with Crippen molar-refractivity contribution in [2.75, 3.05) is 39.3 Å². The van der Waals surface area contributed by atoms with E-state index < -0.39 is 10.0 Å². The van der Waals surface area contributed by atoms with Crippen LogP contribution in [-0.2, 0) is 10.0 Å². The number of benzene rings is 2. The summed E-state index contributed by atoms with van der Waals surface area (Å²) < 4.78 is 38.4. The summed E-state index contributed by atoms with van der Waals surface area (Å²) >= 11 is 0. The van der Waals surface area contributed by atoms with E-state index in [-0.39, 0.29) is 0 Å². The molecule has 6 nitrogen and oxygen atoms in total. The van der Waals surface area contributed by atoms with E-state index in [1.165, 1.54) is 0 Å². The van der Waals surface area contributed by atoms with Gasteiger partial charge in [0.2, 0.25) is 10.0 Å². The van der Waals surface area contributed by atoms with Crippen LogP contribution in [0.2, 0.25) is 0 Å². The highest BCUT2D eigenvalue weighted by atomic mass is 32.2. The summed E-state index contributed by atoms with van der Waals surface area (Å²) in [5, 5.41) is 0. The van der Waals surface area contributed by atoms with Crippen LogP contribution >= 0.6 is 0 Å². The number of nitrogens with zero attached hydrogens (tertiary/aromatic N) is 2. The van der Waals surface area contributed by atoms with Crippen molar-refractivity contribution in [3.63, 3.8) is 0 Å². The molecule has 0 aliphatic carbocycles. The summed E-state index contributed by atoms with van der Waals surface area (Å²) in [6.45, 7) is 8.19. The van der Waals surface area contributed by atoms with Crippen LogP contribution in [0.15, 0.2) is 53.4 Å². The molecule has 1 aliphatic rings. The van der Waals surface area contributed by atoms with Gasteiger partial charge in [0.25, 0.3) is 0 Å². The van der Waals surface area contributed by atoms with Crippen LogP contribution in [-0.4, -0.2) is 57.0 Å². The van der Waals surface area contributed by atoms with Crippen LogP contribution in [0.1, 0.15) is 13.8 Å². The van der Waals surface area contributed by atoms with Crippen molar-refractivity contribution in [1.29, 1.82) is 0 Å². The summed E-state index contributed by atoms with van der Waals surface area (Å²) in [7, 11) is -3.46. The Kier molecular flexibility index (Phi) is 6.36. The first-order valence-electron chi connectivity index (χ1n) is 9.26. The number of likely N-dealkylation sites (N-methyl/N-ethyl adjacent to an activating group) is 1. The van der Waals surface area contributed by atoms with Gasteiger partial charge >= 0.3 is 0 Å². The van der Waals surface area contributed by atoms with Crippen LogP contribution in [0.4, 0.5) is 0 Å². The molecule has 0 aromatic heterocycles. The lowest BCUT2D eigenvalue weighted by Crippen LogP contribution is -2.48. The molecule has 0 amide bonds. The van der Waals surface area contributed by atoms with Gasteiger partial charge in [-0.25, -0.2) is 8.42 Å². The van der Waals surface area contributed by atoms with Gasteiger partial charge < -0.3 is 14.4 Å². The number of sulfonamides is 1. The average molecular weight is 391 g/mol. The van der Waals surface area contributed by atoms with Gasteiger partial charge in [0.05, 0.1) is 11.5 Å². The zero-order valence-electron chi connectivity index (χ0n) is 15.8. The molecule has 0 spiro atoms. The third-order valence-corrected chi connectivity index (χ3v) is 6.52. The minimum atomic E-state index is -3.46. The molecule has 0 bridgehead atoms. The van der Waals surface area contributed by atoms with E-state index >= 15 is 0 Å². The minimum absolute atomic E-state index is 0.298. The van der Waals surface area contributed by atoms with Crippen LogP contribution in [0.25, 0.3) is 0 Å². The molecule has 7 heteroatoms.